The molecule has 3 rings (SSSR count). The van der Waals surface area contributed by atoms with Crippen molar-refractivity contribution < 1.29 is 19.4 Å². The molecule has 1 aliphatic rings. The third-order valence-corrected chi connectivity index (χ3v) is 7.01. The van der Waals surface area contributed by atoms with Crippen molar-refractivity contribution in [1.82, 2.24) is 15.1 Å². The highest BCUT2D eigenvalue weighted by atomic mass is 35.5. The molecule has 3 N–H and O–H groups in total. The Kier molecular flexibility index (Phi) is 10.1. The molecule has 0 fully saturated rings. The van der Waals surface area contributed by atoms with Gasteiger partial charge in [0.2, 0.25) is 0 Å². The molecule has 0 unspecified atom stereocenters. The van der Waals surface area contributed by atoms with E-state index in [1.165, 1.54) is 0 Å². The van der Waals surface area contributed by atoms with Crippen molar-refractivity contribution in [2.45, 2.75) is 52.4 Å². The van der Waals surface area contributed by atoms with Gasteiger partial charge in [0.05, 0.1) is 28.3 Å². The fourth-order valence-electron chi connectivity index (χ4n) is 4.27. The van der Waals surface area contributed by atoms with Crippen molar-refractivity contribution in [3.05, 3.63) is 57.6 Å². The highest BCUT2D eigenvalue weighted by Crippen LogP contribution is 2.31. The van der Waals surface area contributed by atoms with E-state index in [-0.39, 0.29) is 42.7 Å². The van der Waals surface area contributed by atoms with Crippen LogP contribution in [-0.4, -0.2) is 71.8 Å². The second kappa shape index (κ2) is 12.8. The third kappa shape index (κ3) is 7.74. The van der Waals surface area contributed by atoms with Gasteiger partial charge in [0.1, 0.15) is 11.9 Å². The molecule has 37 heavy (non-hydrogen) atoms. The number of rotatable bonds is 8. The van der Waals surface area contributed by atoms with Crippen molar-refractivity contribution in [1.29, 1.82) is 0 Å². The number of anilines is 1. The first kappa shape index (κ1) is 29.0. The van der Waals surface area contributed by atoms with E-state index in [9.17, 15) is 14.7 Å². The summed E-state index contributed by atoms with van der Waals surface area (Å²) in [6.45, 7) is 9.07. The van der Waals surface area contributed by atoms with Gasteiger partial charge in [-0.1, -0.05) is 36.2 Å². The summed E-state index contributed by atoms with van der Waals surface area (Å²) >= 11 is 12.2. The van der Waals surface area contributed by atoms with E-state index < -0.39 is 0 Å². The lowest BCUT2D eigenvalue weighted by Crippen LogP contribution is -2.49. The Labute approximate surface area is 228 Å². The van der Waals surface area contributed by atoms with E-state index in [0.29, 0.717) is 46.7 Å². The molecule has 3 atom stereocenters. The number of benzene rings is 2. The molecule has 2 aromatic carbocycles. The zero-order chi connectivity index (χ0) is 27.3. The molecule has 0 radical (unpaired) electrons. The second-order valence-corrected chi connectivity index (χ2v) is 10.8. The predicted molar refractivity (Wildman–Crippen MR) is 148 cm³/mol. The van der Waals surface area contributed by atoms with Crippen LogP contribution in [0.3, 0.4) is 0 Å². The Hall–Kier alpha value is -2.52. The molecular weight excluding hydrogens is 515 g/mol. The number of fused-ring (bicyclic) bond motifs is 1. The Morgan fingerprint density at radius 3 is 2.57 bits per heavy atom. The predicted octanol–water partition coefficient (Wildman–Crippen LogP) is 4.88. The van der Waals surface area contributed by atoms with Crippen LogP contribution < -0.4 is 15.4 Å². The molecule has 3 amide bonds. The Morgan fingerprint density at radius 2 is 1.92 bits per heavy atom. The number of hydrogen-bond acceptors (Lipinski definition) is 5. The third-order valence-electron chi connectivity index (χ3n) is 6.27. The fourth-order valence-corrected chi connectivity index (χ4v) is 4.59. The van der Waals surface area contributed by atoms with Crippen LogP contribution in [0.15, 0.2) is 36.4 Å². The van der Waals surface area contributed by atoms with Crippen LogP contribution in [-0.2, 0) is 6.54 Å². The van der Waals surface area contributed by atoms with E-state index in [0.717, 1.165) is 5.56 Å². The maximum atomic E-state index is 13.6. The summed E-state index contributed by atoms with van der Waals surface area (Å²) in [4.78, 5) is 29.6. The minimum atomic E-state index is -0.378. The van der Waals surface area contributed by atoms with Gasteiger partial charge in [-0.15, -0.1) is 0 Å². The number of carbonyl (C=O) groups is 2. The molecule has 0 saturated heterocycles. The van der Waals surface area contributed by atoms with Gasteiger partial charge in [-0.3, -0.25) is 9.69 Å². The molecule has 8 nitrogen and oxygen atoms in total. The Bertz CT molecular complexity index is 1110. The zero-order valence-corrected chi connectivity index (χ0v) is 23.4. The lowest BCUT2D eigenvalue weighted by atomic mass is 9.99. The summed E-state index contributed by atoms with van der Waals surface area (Å²) < 4.78 is 6.43. The van der Waals surface area contributed by atoms with Gasteiger partial charge in [0.25, 0.3) is 5.91 Å². The number of hydrogen-bond donors (Lipinski definition) is 3. The normalized spacial score (nSPS) is 18.6. The topological polar surface area (TPSA) is 94.1 Å². The maximum Gasteiger partial charge on any atom is 0.319 e. The first-order chi connectivity index (χ1) is 17.5. The van der Waals surface area contributed by atoms with Crippen molar-refractivity contribution in [3.63, 3.8) is 0 Å². The molecule has 1 heterocycles. The fraction of sp³-hybridized carbons (Fsp3) is 0.481. The second-order valence-electron chi connectivity index (χ2n) is 10.0. The van der Waals surface area contributed by atoms with Crippen molar-refractivity contribution in [2.24, 2.45) is 5.92 Å². The van der Waals surface area contributed by atoms with Crippen molar-refractivity contribution in [3.8, 4) is 5.75 Å². The highest BCUT2D eigenvalue weighted by Gasteiger charge is 2.33. The number of aliphatic hydroxyl groups is 1. The monoisotopic (exact) mass is 550 g/mol. The molecular formula is C27H36Cl2N4O4. The van der Waals surface area contributed by atoms with Crippen molar-refractivity contribution in [2.75, 3.05) is 32.1 Å². The number of nitrogens with one attached hydrogen (secondary N) is 2. The molecule has 0 aromatic heterocycles. The number of carbonyl (C=O) groups excluding carboxylic acids is 2. The first-order valence-electron chi connectivity index (χ1n) is 12.4. The minimum Gasteiger partial charge on any atom is -0.488 e. The molecule has 2 aromatic rings. The van der Waals surface area contributed by atoms with Gasteiger partial charge in [0, 0.05) is 37.3 Å². The van der Waals surface area contributed by atoms with Gasteiger partial charge in [0.15, 0.2) is 0 Å². The average Bonchev–Trinajstić information content (AvgIpc) is 2.83. The molecule has 0 spiro atoms. The van der Waals surface area contributed by atoms with Crippen LogP contribution in [0.25, 0.3) is 0 Å². The van der Waals surface area contributed by atoms with Crippen LogP contribution >= 0.6 is 23.2 Å². The molecule has 202 valence electrons. The summed E-state index contributed by atoms with van der Waals surface area (Å²) in [6.07, 6.45) is -0.240. The number of ether oxygens (including phenoxy) is 1. The van der Waals surface area contributed by atoms with Gasteiger partial charge in [-0.05, 0) is 63.7 Å². The lowest BCUT2D eigenvalue weighted by Gasteiger charge is -2.38. The Balaban J connectivity index is 1.87. The highest BCUT2D eigenvalue weighted by molar-refractivity contribution is 6.42. The molecule has 1 aliphatic heterocycles. The number of halogens is 2. The summed E-state index contributed by atoms with van der Waals surface area (Å²) in [7, 11) is 2.00. The first-order valence-corrected chi connectivity index (χ1v) is 13.2. The average molecular weight is 552 g/mol. The van der Waals surface area contributed by atoms with Crippen LogP contribution in [0.2, 0.25) is 10.0 Å². The van der Waals surface area contributed by atoms with E-state index in [2.05, 4.69) is 15.5 Å². The number of urea groups is 1. The number of nitrogens with zero attached hydrogens (tertiary/aromatic N) is 2. The summed E-state index contributed by atoms with van der Waals surface area (Å²) in [5.74, 6) is 0.172. The molecule has 0 bridgehead atoms. The van der Waals surface area contributed by atoms with Crippen LogP contribution in [0.1, 0.15) is 43.6 Å². The van der Waals surface area contributed by atoms with Crippen LogP contribution in [0.4, 0.5) is 10.5 Å². The number of likely N-dealkylation sites (N-methyl/N-ethyl adjacent to an activating group) is 1. The zero-order valence-electron chi connectivity index (χ0n) is 21.9. The van der Waals surface area contributed by atoms with Gasteiger partial charge < -0.3 is 25.4 Å². The minimum absolute atomic E-state index is 0.0167. The molecule has 0 saturated carbocycles. The molecule has 10 heteroatoms. The maximum absolute atomic E-state index is 13.6. The van der Waals surface area contributed by atoms with Crippen LogP contribution in [0.5, 0.6) is 5.75 Å². The van der Waals surface area contributed by atoms with Crippen molar-refractivity contribution >= 4 is 40.8 Å². The number of aliphatic hydroxyl groups excluding tert-OH is 1. The molecule has 0 aliphatic carbocycles. The quantitative estimate of drug-likeness (QED) is 0.435. The van der Waals surface area contributed by atoms with E-state index in [1.54, 1.807) is 29.2 Å². The summed E-state index contributed by atoms with van der Waals surface area (Å²) in [6, 6.07) is 9.87. The summed E-state index contributed by atoms with van der Waals surface area (Å²) in [5, 5.41) is 16.4. The van der Waals surface area contributed by atoms with Crippen LogP contribution in [0, 0.1) is 5.92 Å². The van der Waals surface area contributed by atoms with E-state index >= 15 is 0 Å². The number of amides is 3. The van der Waals surface area contributed by atoms with Gasteiger partial charge >= 0.3 is 6.03 Å². The summed E-state index contributed by atoms with van der Waals surface area (Å²) in [5.41, 5.74) is 1.84. The van der Waals surface area contributed by atoms with Gasteiger partial charge in [-0.25, -0.2) is 4.79 Å². The van der Waals surface area contributed by atoms with Gasteiger partial charge in [-0.2, -0.15) is 0 Å². The Morgan fingerprint density at radius 1 is 1.19 bits per heavy atom. The largest absolute Gasteiger partial charge is 0.488 e. The SMILES string of the molecule is CC(C)NC(=O)Nc1ccc2c(c1)C(=O)N([C@@H](C)CO)C[C@@H](C)[C@@H](CN(C)Cc1ccc(Cl)c(Cl)c1)O2. The van der Waals surface area contributed by atoms with E-state index in [1.807, 2.05) is 46.9 Å². The standard InChI is InChI=1S/C27H36Cl2N4O4/c1-16(2)30-27(36)31-20-7-9-24-21(11-20)26(35)33(18(4)15-34)12-17(3)25(37-24)14-32(5)13-19-6-8-22(28)23(29)10-19/h6-11,16-18,25,34H,12-15H2,1-5H3,(H2,30,31,36)/t17-,18+,25-/m1/s1. The smallest absolute Gasteiger partial charge is 0.319 e. The van der Waals surface area contributed by atoms with E-state index in [4.69, 9.17) is 27.9 Å². The lowest BCUT2D eigenvalue weighted by molar-refractivity contribution is 0.0341.